The summed E-state index contributed by atoms with van der Waals surface area (Å²) < 4.78 is 7.74. The van der Waals surface area contributed by atoms with E-state index in [0.717, 1.165) is 35.7 Å². The number of amides is 1. The van der Waals surface area contributed by atoms with Crippen molar-refractivity contribution in [3.63, 3.8) is 0 Å². The van der Waals surface area contributed by atoms with Crippen molar-refractivity contribution in [1.29, 1.82) is 0 Å². The zero-order valence-corrected chi connectivity index (χ0v) is 14.0. The van der Waals surface area contributed by atoms with E-state index < -0.39 is 5.54 Å². The molecule has 6 heteroatoms. The maximum Gasteiger partial charge on any atom is 0.224 e. The highest BCUT2D eigenvalue weighted by Gasteiger charge is 2.57. The molecule has 0 radical (unpaired) electrons. The molecule has 1 aliphatic carbocycles. The monoisotopic (exact) mass is 326 g/mol. The molecule has 1 amide bonds. The van der Waals surface area contributed by atoms with Crippen LogP contribution in [0.5, 0.6) is 0 Å². The Balaban J connectivity index is 1.48. The summed E-state index contributed by atoms with van der Waals surface area (Å²) in [5, 5.41) is 6.58. The second-order valence-electron chi connectivity index (χ2n) is 7.75. The number of nitrogens with one attached hydrogen (secondary N) is 2. The number of piperidine rings is 1. The summed E-state index contributed by atoms with van der Waals surface area (Å²) in [5.41, 5.74) is 2.73. The third-order valence-electron chi connectivity index (χ3n) is 5.71. The van der Waals surface area contributed by atoms with Crippen LogP contribution in [0.15, 0.2) is 18.3 Å². The van der Waals surface area contributed by atoms with E-state index in [1.54, 1.807) is 0 Å². The van der Waals surface area contributed by atoms with Crippen LogP contribution in [0.4, 0.5) is 0 Å². The molecule has 2 aromatic rings. The molecule has 24 heavy (non-hydrogen) atoms. The fourth-order valence-electron chi connectivity index (χ4n) is 4.46. The van der Waals surface area contributed by atoms with Gasteiger partial charge in [0.15, 0.2) is 0 Å². The van der Waals surface area contributed by atoms with Gasteiger partial charge in [0.25, 0.3) is 0 Å². The van der Waals surface area contributed by atoms with Crippen LogP contribution >= 0.6 is 0 Å². The first-order valence-corrected chi connectivity index (χ1v) is 8.66. The Morgan fingerprint density at radius 2 is 2.17 bits per heavy atom. The predicted molar refractivity (Wildman–Crippen MR) is 88.2 cm³/mol. The third kappa shape index (κ3) is 1.96. The first-order chi connectivity index (χ1) is 11.6. The SMILES string of the molecule is CC(C)(NC(=O)[C@H]1[C@@H]2CNC[C@@H]21)c1nc2c3c(cccn13)COC2. The Bertz CT molecular complexity index is 831. The van der Waals surface area contributed by atoms with Crippen molar-refractivity contribution in [2.45, 2.75) is 32.6 Å². The van der Waals surface area contributed by atoms with Crippen molar-refractivity contribution < 1.29 is 9.53 Å². The number of ether oxygens (including phenoxy) is 1. The summed E-state index contributed by atoms with van der Waals surface area (Å²) in [6, 6.07) is 4.09. The minimum Gasteiger partial charge on any atom is -0.370 e. The average molecular weight is 326 g/mol. The van der Waals surface area contributed by atoms with Crippen molar-refractivity contribution in [2.75, 3.05) is 13.1 Å². The molecular weight excluding hydrogens is 304 g/mol. The molecule has 0 bridgehead atoms. The van der Waals surface area contributed by atoms with Crippen LogP contribution in [0.3, 0.4) is 0 Å². The minimum absolute atomic E-state index is 0.164. The Kier molecular flexibility index (Phi) is 2.89. The quantitative estimate of drug-likeness (QED) is 0.889. The number of hydrogen-bond acceptors (Lipinski definition) is 4. The summed E-state index contributed by atoms with van der Waals surface area (Å²) in [5.74, 6) is 2.26. The third-order valence-corrected chi connectivity index (χ3v) is 5.71. The summed E-state index contributed by atoms with van der Waals surface area (Å²) in [6.45, 7) is 7.16. The summed E-state index contributed by atoms with van der Waals surface area (Å²) in [6.07, 6.45) is 2.03. The molecule has 2 aromatic heterocycles. The molecule has 0 aromatic carbocycles. The second kappa shape index (κ2) is 4.80. The van der Waals surface area contributed by atoms with E-state index >= 15 is 0 Å². The van der Waals surface area contributed by atoms with E-state index in [-0.39, 0.29) is 11.8 Å². The number of nitrogens with zero attached hydrogens (tertiary/aromatic N) is 2. The van der Waals surface area contributed by atoms with Crippen molar-refractivity contribution >= 4 is 11.4 Å². The van der Waals surface area contributed by atoms with Crippen molar-refractivity contribution in [3.05, 3.63) is 35.4 Å². The lowest BCUT2D eigenvalue weighted by Crippen LogP contribution is -2.44. The van der Waals surface area contributed by atoms with Crippen LogP contribution in [0.1, 0.15) is 30.9 Å². The molecule has 2 aliphatic heterocycles. The molecule has 6 nitrogen and oxygen atoms in total. The lowest BCUT2D eigenvalue weighted by Gasteiger charge is -2.26. The van der Waals surface area contributed by atoms with Crippen LogP contribution < -0.4 is 10.6 Å². The van der Waals surface area contributed by atoms with E-state index in [1.165, 1.54) is 0 Å². The van der Waals surface area contributed by atoms with E-state index in [1.807, 2.05) is 26.1 Å². The van der Waals surface area contributed by atoms with E-state index in [2.05, 4.69) is 21.1 Å². The van der Waals surface area contributed by atoms with Gasteiger partial charge >= 0.3 is 0 Å². The Morgan fingerprint density at radius 1 is 1.38 bits per heavy atom. The highest BCUT2D eigenvalue weighted by Crippen LogP contribution is 2.49. The fourth-order valence-corrected chi connectivity index (χ4v) is 4.46. The molecule has 3 aliphatic rings. The van der Waals surface area contributed by atoms with Crippen LogP contribution in [0.25, 0.3) is 5.52 Å². The van der Waals surface area contributed by atoms with Gasteiger partial charge in [-0.1, -0.05) is 6.07 Å². The largest absolute Gasteiger partial charge is 0.370 e. The van der Waals surface area contributed by atoms with Gasteiger partial charge in [-0.25, -0.2) is 4.98 Å². The van der Waals surface area contributed by atoms with E-state index in [9.17, 15) is 4.79 Å². The van der Waals surface area contributed by atoms with Gasteiger partial charge < -0.3 is 19.8 Å². The second-order valence-corrected chi connectivity index (χ2v) is 7.75. The fraction of sp³-hybridized carbons (Fsp3) is 0.556. The minimum atomic E-state index is -0.522. The van der Waals surface area contributed by atoms with Crippen LogP contribution in [0.2, 0.25) is 0 Å². The molecule has 126 valence electrons. The number of fused-ring (bicyclic) bond motifs is 1. The summed E-state index contributed by atoms with van der Waals surface area (Å²) in [7, 11) is 0. The maximum atomic E-state index is 12.7. The molecular formula is C18H22N4O2. The predicted octanol–water partition coefficient (Wildman–Crippen LogP) is 1.18. The number of aromatic nitrogens is 2. The molecule has 2 fully saturated rings. The van der Waals surface area contributed by atoms with Crippen molar-refractivity contribution in [2.24, 2.45) is 17.8 Å². The van der Waals surface area contributed by atoms with Gasteiger partial charge in [0, 0.05) is 17.7 Å². The average Bonchev–Trinajstić information content (AvgIpc) is 2.90. The molecule has 0 unspecified atom stereocenters. The zero-order chi connectivity index (χ0) is 16.5. The number of rotatable bonds is 3. The first kappa shape index (κ1) is 14.4. The topological polar surface area (TPSA) is 67.7 Å². The molecule has 2 N–H and O–H groups in total. The van der Waals surface area contributed by atoms with Crippen molar-refractivity contribution in [3.8, 4) is 0 Å². The lowest BCUT2D eigenvalue weighted by molar-refractivity contribution is -0.124. The maximum absolute atomic E-state index is 12.7. The highest BCUT2D eigenvalue weighted by molar-refractivity contribution is 5.83. The Hall–Kier alpha value is -1.92. The van der Waals surface area contributed by atoms with Gasteiger partial charge in [0.2, 0.25) is 5.91 Å². The Labute approximate surface area is 140 Å². The van der Waals surface area contributed by atoms with Crippen LogP contribution in [-0.4, -0.2) is 28.4 Å². The molecule has 1 saturated carbocycles. The number of hydrogen-bond donors (Lipinski definition) is 2. The standard InChI is InChI=1S/C18H22N4O2/c1-18(2,21-16(23)14-11-6-19-7-12(11)14)17-20-13-9-24-8-10-4-3-5-22(17)15(10)13/h3-5,11-12,14,19H,6-9H2,1-2H3,(H,21,23)/t11-,12+,14+. The summed E-state index contributed by atoms with van der Waals surface area (Å²) >= 11 is 0. The molecule has 0 spiro atoms. The van der Waals surface area contributed by atoms with Gasteiger partial charge in [-0.15, -0.1) is 0 Å². The number of pyridine rings is 1. The molecule has 5 rings (SSSR count). The molecule has 4 heterocycles. The van der Waals surface area contributed by atoms with Gasteiger partial charge in [0.05, 0.1) is 30.0 Å². The molecule has 1 saturated heterocycles. The van der Waals surface area contributed by atoms with Crippen molar-refractivity contribution in [1.82, 2.24) is 20.0 Å². The smallest absolute Gasteiger partial charge is 0.224 e. The van der Waals surface area contributed by atoms with Crippen LogP contribution in [-0.2, 0) is 28.3 Å². The number of carbonyl (C=O) groups is 1. The van der Waals surface area contributed by atoms with E-state index in [4.69, 9.17) is 9.72 Å². The zero-order valence-electron chi connectivity index (χ0n) is 14.0. The normalized spacial score (nSPS) is 28.0. The van der Waals surface area contributed by atoms with Gasteiger partial charge in [0.1, 0.15) is 5.82 Å². The van der Waals surface area contributed by atoms with E-state index in [0.29, 0.717) is 25.0 Å². The van der Waals surface area contributed by atoms with Gasteiger partial charge in [-0.05, 0) is 44.8 Å². The first-order valence-electron chi connectivity index (χ1n) is 8.66. The van der Waals surface area contributed by atoms with Gasteiger partial charge in [-0.2, -0.15) is 0 Å². The summed E-state index contributed by atoms with van der Waals surface area (Å²) in [4.78, 5) is 17.5. The lowest BCUT2D eigenvalue weighted by atomic mass is 10.0. The van der Waals surface area contributed by atoms with Gasteiger partial charge in [-0.3, -0.25) is 4.79 Å². The Morgan fingerprint density at radius 3 is 2.96 bits per heavy atom. The molecule has 3 atom stereocenters. The van der Waals surface area contributed by atoms with Crippen LogP contribution in [0, 0.1) is 17.8 Å². The highest BCUT2D eigenvalue weighted by atomic mass is 16.5. The number of carbonyl (C=O) groups excluding carboxylic acids is 1. The number of imidazole rings is 1.